The van der Waals surface area contributed by atoms with Gasteiger partial charge in [0.15, 0.2) is 11.6 Å². The maximum Gasteiger partial charge on any atom is 0.159 e. The minimum atomic E-state index is -0.844. The first-order chi connectivity index (χ1) is 8.70. The SMILES string of the molecule is NNC(CCc1ccsc1)c1ccc(F)c(F)c1. The zero-order chi connectivity index (χ0) is 13.0. The first-order valence-corrected chi connectivity index (χ1v) is 6.57. The van der Waals surface area contributed by atoms with Gasteiger partial charge in [-0.1, -0.05) is 6.07 Å². The summed E-state index contributed by atoms with van der Waals surface area (Å²) in [7, 11) is 0. The number of hydrogen-bond donors (Lipinski definition) is 2. The highest BCUT2D eigenvalue weighted by Gasteiger charge is 2.12. The van der Waals surface area contributed by atoms with E-state index in [0.29, 0.717) is 5.56 Å². The number of nitrogens with one attached hydrogen (secondary N) is 1. The lowest BCUT2D eigenvalue weighted by atomic mass is 10.0. The molecule has 2 aromatic rings. The molecule has 1 atom stereocenters. The van der Waals surface area contributed by atoms with Crippen LogP contribution in [0.1, 0.15) is 23.6 Å². The van der Waals surface area contributed by atoms with Crippen LogP contribution in [0.25, 0.3) is 0 Å². The van der Waals surface area contributed by atoms with Gasteiger partial charge >= 0.3 is 0 Å². The Labute approximate surface area is 108 Å². The smallest absolute Gasteiger partial charge is 0.159 e. The Kier molecular flexibility index (Phi) is 4.41. The third-order valence-electron chi connectivity index (χ3n) is 2.85. The van der Waals surface area contributed by atoms with E-state index in [4.69, 9.17) is 5.84 Å². The van der Waals surface area contributed by atoms with Gasteiger partial charge < -0.3 is 0 Å². The van der Waals surface area contributed by atoms with Gasteiger partial charge in [-0.25, -0.2) is 8.78 Å². The van der Waals surface area contributed by atoms with Gasteiger partial charge in [0.1, 0.15) is 0 Å². The van der Waals surface area contributed by atoms with E-state index < -0.39 is 11.6 Å². The molecule has 2 rings (SSSR count). The monoisotopic (exact) mass is 268 g/mol. The number of nitrogens with two attached hydrogens (primary N) is 1. The molecule has 0 aliphatic rings. The van der Waals surface area contributed by atoms with Crippen molar-refractivity contribution in [3.05, 3.63) is 57.8 Å². The number of hydrogen-bond acceptors (Lipinski definition) is 3. The first kappa shape index (κ1) is 13.1. The molecule has 18 heavy (non-hydrogen) atoms. The molecule has 2 nitrogen and oxygen atoms in total. The van der Waals surface area contributed by atoms with E-state index >= 15 is 0 Å². The van der Waals surface area contributed by atoms with Gasteiger partial charge in [0.05, 0.1) is 0 Å². The van der Waals surface area contributed by atoms with Crippen LogP contribution in [0.2, 0.25) is 0 Å². The molecule has 0 bridgehead atoms. The molecule has 1 aromatic heterocycles. The van der Waals surface area contributed by atoms with Gasteiger partial charge in [-0.05, 0) is 52.9 Å². The molecule has 1 unspecified atom stereocenters. The zero-order valence-corrected chi connectivity index (χ0v) is 10.5. The molecule has 0 amide bonds. The largest absolute Gasteiger partial charge is 0.271 e. The molecule has 1 aromatic carbocycles. The van der Waals surface area contributed by atoms with Crippen molar-refractivity contribution in [3.63, 3.8) is 0 Å². The molecule has 3 N–H and O–H groups in total. The van der Waals surface area contributed by atoms with E-state index in [-0.39, 0.29) is 6.04 Å². The summed E-state index contributed by atoms with van der Waals surface area (Å²) >= 11 is 1.64. The van der Waals surface area contributed by atoms with Gasteiger partial charge in [0.2, 0.25) is 0 Å². The normalized spacial score (nSPS) is 12.6. The van der Waals surface area contributed by atoms with E-state index in [1.807, 2.05) is 11.4 Å². The molecular formula is C13H14F2N2S. The fraction of sp³-hybridized carbons (Fsp3) is 0.231. The minimum absolute atomic E-state index is 0.181. The maximum absolute atomic E-state index is 13.1. The van der Waals surface area contributed by atoms with Crippen LogP contribution in [0.4, 0.5) is 8.78 Å². The Morgan fingerprint density at radius 3 is 2.67 bits per heavy atom. The lowest BCUT2D eigenvalue weighted by Crippen LogP contribution is -2.28. The van der Waals surface area contributed by atoms with E-state index in [1.165, 1.54) is 11.6 Å². The summed E-state index contributed by atoms with van der Waals surface area (Å²) in [4.78, 5) is 0. The van der Waals surface area contributed by atoms with Crippen LogP contribution in [-0.2, 0) is 6.42 Å². The maximum atomic E-state index is 13.1. The Balaban J connectivity index is 2.05. The molecule has 0 aliphatic carbocycles. The number of benzene rings is 1. The number of thiophene rings is 1. The van der Waals surface area contributed by atoms with Crippen LogP contribution in [-0.4, -0.2) is 0 Å². The van der Waals surface area contributed by atoms with Crippen LogP contribution in [0, 0.1) is 11.6 Å². The molecule has 96 valence electrons. The average molecular weight is 268 g/mol. The fourth-order valence-corrected chi connectivity index (χ4v) is 2.52. The predicted molar refractivity (Wildman–Crippen MR) is 69.1 cm³/mol. The van der Waals surface area contributed by atoms with Crippen molar-refractivity contribution in [2.24, 2.45) is 5.84 Å². The average Bonchev–Trinajstić information content (AvgIpc) is 2.87. The molecule has 5 heteroatoms. The summed E-state index contributed by atoms with van der Waals surface area (Å²) in [6.07, 6.45) is 1.58. The Morgan fingerprint density at radius 2 is 2.06 bits per heavy atom. The van der Waals surface area contributed by atoms with Crippen molar-refractivity contribution in [1.29, 1.82) is 0 Å². The third-order valence-corrected chi connectivity index (χ3v) is 3.58. The highest BCUT2D eigenvalue weighted by molar-refractivity contribution is 7.07. The van der Waals surface area contributed by atoms with Crippen molar-refractivity contribution in [2.75, 3.05) is 0 Å². The summed E-state index contributed by atoms with van der Waals surface area (Å²) in [5, 5.41) is 4.08. The molecule has 1 heterocycles. The van der Waals surface area contributed by atoms with Gasteiger partial charge in [0, 0.05) is 6.04 Å². The summed E-state index contributed by atoms with van der Waals surface area (Å²) in [5.41, 5.74) is 4.53. The lowest BCUT2D eigenvalue weighted by Gasteiger charge is -2.16. The minimum Gasteiger partial charge on any atom is -0.271 e. The summed E-state index contributed by atoms with van der Waals surface area (Å²) in [6, 6.07) is 5.73. The fourth-order valence-electron chi connectivity index (χ4n) is 1.82. The first-order valence-electron chi connectivity index (χ1n) is 5.63. The number of hydrazine groups is 1. The summed E-state index contributed by atoms with van der Waals surface area (Å²) < 4.78 is 26.0. The van der Waals surface area contributed by atoms with Crippen LogP contribution in [0.15, 0.2) is 35.0 Å². The second kappa shape index (κ2) is 6.04. The van der Waals surface area contributed by atoms with Crippen molar-refractivity contribution >= 4 is 11.3 Å². The highest BCUT2D eigenvalue weighted by atomic mass is 32.1. The second-order valence-corrected chi connectivity index (χ2v) is 4.84. The van der Waals surface area contributed by atoms with E-state index in [1.54, 1.807) is 17.4 Å². The van der Waals surface area contributed by atoms with E-state index in [2.05, 4.69) is 10.8 Å². The van der Waals surface area contributed by atoms with E-state index in [0.717, 1.165) is 18.9 Å². The topological polar surface area (TPSA) is 38.0 Å². The number of aryl methyl sites for hydroxylation is 1. The summed E-state index contributed by atoms with van der Waals surface area (Å²) in [6.45, 7) is 0. The quantitative estimate of drug-likeness (QED) is 0.645. The van der Waals surface area contributed by atoms with Crippen LogP contribution in [0.5, 0.6) is 0 Å². The van der Waals surface area contributed by atoms with Gasteiger partial charge in [-0.15, -0.1) is 0 Å². The van der Waals surface area contributed by atoms with Crippen LogP contribution >= 0.6 is 11.3 Å². The predicted octanol–water partition coefficient (Wildman–Crippen LogP) is 3.16. The van der Waals surface area contributed by atoms with Crippen LogP contribution in [0.3, 0.4) is 0 Å². The Morgan fingerprint density at radius 1 is 1.22 bits per heavy atom. The third kappa shape index (κ3) is 3.13. The molecular weight excluding hydrogens is 254 g/mol. The number of rotatable bonds is 5. The zero-order valence-electron chi connectivity index (χ0n) is 9.70. The number of halogens is 2. The molecule has 0 aliphatic heterocycles. The second-order valence-electron chi connectivity index (χ2n) is 4.06. The van der Waals surface area contributed by atoms with Crippen molar-refractivity contribution in [1.82, 2.24) is 5.43 Å². The van der Waals surface area contributed by atoms with Gasteiger partial charge in [0.25, 0.3) is 0 Å². The molecule has 0 saturated heterocycles. The molecule has 0 saturated carbocycles. The highest BCUT2D eigenvalue weighted by Crippen LogP contribution is 2.21. The standard InChI is InChI=1S/C13H14F2N2S/c14-11-3-2-10(7-12(11)15)13(17-16)4-1-9-5-6-18-8-9/h2-3,5-8,13,17H,1,4,16H2. The van der Waals surface area contributed by atoms with Gasteiger partial charge in [-0.2, -0.15) is 11.3 Å². The molecule has 0 fully saturated rings. The van der Waals surface area contributed by atoms with Gasteiger partial charge in [-0.3, -0.25) is 11.3 Å². The molecule has 0 radical (unpaired) electrons. The Bertz CT molecular complexity index is 500. The van der Waals surface area contributed by atoms with Crippen molar-refractivity contribution in [2.45, 2.75) is 18.9 Å². The molecule has 0 spiro atoms. The summed E-state index contributed by atoms with van der Waals surface area (Å²) in [5.74, 6) is 3.78. The van der Waals surface area contributed by atoms with Crippen molar-refractivity contribution in [3.8, 4) is 0 Å². The van der Waals surface area contributed by atoms with E-state index in [9.17, 15) is 8.78 Å². The van der Waals surface area contributed by atoms with Crippen molar-refractivity contribution < 1.29 is 8.78 Å². The Hall–Kier alpha value is -1.30. The van der Waals surface area contributed by atoms with Crippen LogP contribution < -0.4 is 11.3 Å². The lowest BCUT2D eigenvalue weighted by molar-refractivity contribution is 0.488.